The number of rotatable bonds is 6. The molecule has 4 saturated carbocycles. The minimum atomic E-state index is -1.04. The summed E-state index contributed by atoms with van der Waals surface area (Å²) >= 11 is 0. The summed E-state index contributed by atoms with van der Waals surface area (Å²) in [6, 6.07) is 0. The van der Waals surface area contributed by atoms with Gasteiger partial charge >= 0.3 is 17.9 Å². The van der Waals surface area contributed by atoms with Crippen LogP contribution in [0, 0.1) is 39.9 Å². The number of aliphatic carboxylic acids is 1. The molecule has 0 bridgehead atoms. The molecule has 0 heterocycles. The van der Waals surface area contributed by atoms with Crippen LogP contribution in [0.4, 0.5) is 0 Å². The molecule has 0 aromatic rings. The molecule has 0 spiro atoms. The molecule has 8 heteroatoms. The normalized spacial score (nSPS) is 44.5. The van der Waals surface area contributed by atoms with E-state index in [0.29, 0.717) is 43.3 Å². The predicted octanol–water partition coefficient (Wildman–Crippen LogP) is 5.21. The van der Waals surface area contributed by atoms with Crippen LogP contribution in [0.1, 0.15) is 100 Å². The lowest BCUT2D eigenvalue weighted by Gasteiger charge is -2.70. The van der Waals surface area contributed by atoms with E-state index in [1.807, 2.05) is 26.8 Å². The third-order valence-corrected chi connectivity index (χ3v) is 12.0. The van der Waals surface area contributed by atoms with E-state index in [4.69, 9.17) is 9.47 Å². The molecule has 0 aromatic heterocycles. The molecule has 0 radical (unpaired) electrons. The molecule has 11 atom stereocenters. The molecule has 3 N–H and O–H groups in total. The number of ether oxygens (including phenoxy) is 2. The van der Waals surface area contributed by atoms with Crippen LogP contribution in [-0.2, 0) is 23.9 Å². The molecule has 0 aromatic carbocycles. The van der Waals surface area contributed by atoms with Crippen LogP contribution in [0.3, 0.4) is 0 Å². The van der Waals surface area contributed by atoms with Crippen molar-refractivity contribution in [3.63, 3.8) is 0 Å². The number of fused-ring (bicyclic) bond motifs is 5. The third-order valence-electron chi connectivity index (χ3n) is 12.0. The molecule has 4 aliphatic rings. The maximum Gasteiger partial charge on any atom is 0.331 e. The highest BCUT2D eigenvalue weighted by molar-refractivity contribution is 5.88. The smallest absolute Gasteiger partial charge is 0.331 e. The SMILES string of the molecule is CC(=O)O[C@@H]1[C@H]2[C@H](C)[C@H](O)CC[C@]2(C)[C@H]2CC[C@H]3/C(=C(\CCC=C(C)C)C(=O)O)[C@@H](OC(C)=O)C[C@]3(C)[C@@]2(C)[C@H]1O. The zero-order valence-electron chi connectivity index (χ0n) is 26.0. The second-order valence-corrected chi connectivity index (χ2v) is 14.3. The van der Waals surface area contributed by atoms with Crippen molar-refractivity contribution in [1.29, 1.82) is 0 Å². The van der Waals surface area contributed by atoms with E-state index in [1.165, 1.54) is 13.8 Å². The van der Waals surface area contributed by atoms with Gasteiger partial charge in [0.2, 0.25) is 0 Å². The minimum absolute atomic E-state index is 0.0364. The zero-order chi connectivity index (χ0) is 30.7. The van der Waals surface area contributed by atoms with E-state index in [0.717, 1.165) is 18.4 Å². The molecule has 4 fully saturated rings. The van der Waals surface area contributed by atoms with E-state index < -0.39 is 53.2 Å². The second-order valence-electron chi connectivity index (χ2n) is 14.3. The fraction of sp³-hybridized carbons (Fsp3) is 0.788. The fourth-order valence-electron chi connectivity index (χ4n) is 10.1. The first kappa shape index (κ1) is 31.7. The maximum atomic E-state index is 12.7. The number of carboxylic acids is 1. The van der Waals surface area contributed by atoms with Crippen LogP contribution >= 0.6 is 0 Å². The van der Waals surface area contributed by atoms with Crippen molar-refractivity contribution in [3.8, 4) is 0 Å². The summed E-state index contributed by atoms with van der Waals surface area (Å²) in [5.74, 6) is -2.50. The van der Waals surface area contributed by atoms with Gasteiger partial charge in [-0.3, -0.25) is 9.59 Å². The van der Waals surface area contributed by atoms with Gasteiger partial charge in [-0.1, -0.05) is 39.3 Å². The number of hydrogen-bond donors (Lipinski definition) is 3. The summed E-state index contributed by atoms with van der Waals surface area (Å²) in [4.78, 5) is 37.5. The Morgan fingerprint density at radius 2 is 1.61 bits per heavy atom. The topological polar surface area (TPSA) is 130 Å². The van der Waals surface area contributed by atoms with Crippen molar-refractivity contribution in [2.45, 2.75) is 125 Å². The average Bonchev–Trinajstić information content (AvgIpc) is 3.14. The van der Waals surface area contributed by atoms with Crippen molar-refractivity contribution in [2.75, 3.05) is 0 Å². The number of aliphatic hydroxyl groups excluding tert-OH is 2. The van der Waals surface area contributed by atoms with Gasteiger partial charge < -0.3 is 24.8 Å². The van der Waals surface area contributed by atoms with E-state index in [-0.39, 0.29) is 29.1 Å². The van der Waals surface area contributed by atoms with Gasteiger partial charge in [0.25, 0.3) is 0 Å². The van der Waals surface area contributed by atoms with Gasteiger partial charge in [0, 0.05) is 30.8 Å². The predicted molar refractivity (Wildman–Crippen MR) is 153 cm³/mol. The molecular weight excluding hydrogens is 524 g/mol. The van der Waals surface area contributed by atoms with Crippen LogP contribution in [0.25, 0.3) is 0 Å². The highest BCUT2D eigenvalue weighted by Crippen LogP contribution is 2.74. The van der Waals surface area contributed by atoms with Gasteiger partial charge in [-0.15, -0.1) is 0 Å². The highest BCUT2D eigenvalue weighted by Gasteiger charge is 2.74. The Morgan fingerprint density at radius 3 is 2.17 bits per heavy atom. The standard InChI is InChI=1S/C33H50O8/c1-17(2)10-9-11-21(30(38)39)26-22-12-13-25-31(6)15-14-23(36)18(3)27(31)28(41-20(5)35)29(37)33(25,8)32(22,7)16-24(26)40-19(4)34/h10,18,22-25,27-29,36-37H,9,11-16H2,1-8H3,(H,38,39)/b26-21-/t18-,22+,23-,24+,25-,27-,28-,29+,31-,32+,33-/m1/s1. The third kappa shape index (κ3) is 4.97. The van der Waals surface area contributed by atoms with Crippen LogP contribution in [0.2, 0.25) is 0 Å². The lowest BCUT2D eigenvalue weighted by molar-refractivity contribution is -0.288. The number of allylic oxidation sites excluding steroid dienone is 2. The number of carboxylic acid groups (broad SMARTS) is 1. The Hall–Kier alpha value is -2.19. The molecule has 0 saturated heterocycles. The Balaban J connectivity index is 1.89. The van der Waals surface area contributed by atoms with Crippen molar-refractivity contribution >= 4 is 17.9 Å². The summed E-state index contributed by atoms with van der Waals surface area (Å²) in [5.41, 5.74) is 0.360. The van der Waals surface area contributed by atoms with Gasteiger partial charge in [-0.25, -0.2) is 4.79 Å². The summed E-state index contributed by atoms with van der Waals surface area (Å²) < 4.78 is 11.8. The average molecular weight is 575 g/mol. The summed E-state index contributed by atoms with van der Waals surface area (Å²) in [6.45, 7) is 15.1. The first-order valence-electron chi connectivity index (χ1n) is 15.3. The monoisotopic (exact) mass is 574 g/mol. The summed E-state index contributed by atoms with van der Waals surface area (Å²) in [6.07, 6.45) is 3.08. The Kier molecular flexibility index (Phi) is 8.63. The molecular formula is C33H50O8. The molecule has 0 amide bonds. The van der Waals surface area contributed by atoms with Crippen LogP contribution in [0.5, 0.6) is 0 Å². The van der Waals surface area contributed by atoms with Gasteiger partial charge in [0.15, 0.2) is 0 Å². The molecule has 4 rings (SSSR count). The van der Waals surface area contributed by atoms with Crippen molar-refractivity contribution in [3.05, 3.63) is 22.8 Å². The van der Waals surface area contributed by atoms with E-state index >= 15 is 0 Å². The molecule has 4 aliphatic carbocycles. The maximum absolute atomic E-state index is 12.7. The van der Waals surface area contributed by atoms with Crippen molar-refractivity contribution in [1.82, 2.24) is 0 Å². The lowest BCUT2D eigenvalue weighted by Crippen LogP contribution is -2.72. The Labute approximate surface area is 244 Å². The number of carbonyl (C=O) groups is 3. The quantitative estimate of drug-likeness (QED) is 0.224. The van der Waals surface area contributed by atoms with Crippen molar-refractivity contribution in [2.24, 2.45) is 39.9 Å². The Morgan fingerprint density at radius 1 is 0.976 bits per heavy atom. The summed E-state index contributed by atoms with van der Waals surface area (Å²) in [5, 5.41) is 33.6. The first-order chi connectivity index (χ1) is 19.0. The molecule has 0 unspecified atom stereocenters. The van der Waals surface area contributed by atoms with Gasteiger partial charge in [-0.05, 0) is 93.0 Å². The zero-order valence-corrected chi connectivity index (χ0v) is 26.0. The summed E-state index contributed by atoms with van der Waals surface area (Å²) in [7, 11) is 0. The number of esters is 2. The number of carbonyl (C=O) groups excluding carboxylic acids is 2. The van der Waals surface area contributed by atoms with E-state index in [1.54, 1.807) is 0 Å². The van der Waals surface area contributed by atoms with Crippen molar-refractivity contribution < 1.29 is 39.2 Å². The molecule has 41 heavy (non-hydrogen) atoms. The second kappa shape index (κ2) is 11.1. The lowest BCUT2D eigenvalue weighted by atomic mass is 9.35. The molecule has 8 nitrogen and oxygen atoms in total. The van der Waals surface area contributed by atoms with Gasteiger partial charge in [-0.2, -0.15) is 0 Å². The van der Waals surface area contributed by atoms with E-state index in [2.05, 4.69) is 20.8 Å². The van der Waals surface area contributed by atoms with Crippen LogP contribution in [-0.4, -0.2) is 57.6 Å². The number of aliphatic hydroxyl groups is 2. The molecule has 0 aliphatic heterocycles. The fourth-order valence-corrected chi connectivity index (χ4v) is 10.1. The van der Waals surface area contributed by atoms with E-state index in [9.17, 15) is 29.7 Å². The minimum Gasteiger partial charge on any atom is -0.478 e. The molecule has 230 valence electrons. The largest absolute Gasteiger partial charge is 0.478 e. The first-order valence-corrected chi connectivity index (χ1v) is 15.3. The van der Waals surface area contributed by atoms with Gasteiger partial charge in [0.1, 0.15) is 12.2 Å². The number of hydrogen-bond acceptors (Lipinski definition) is 7. The Bertz CT molecular complexity index is 1140. The highest BCUT2D eigenvalue weighted by atomic mass is 16.6. The van der Waals surface area contributed by atoms with Crippen LogP contribution < -0.4 is 0 Å². The van der Waals surface area contributed by atoms with Gasteiger partial charge in [0.05, 0.1) is 12.2 Å². The van der Waals surface area contributed by atoms with Crippen LogP contribution in [0.15, 0.2) is 22.8 Å².